The van der Waals surface area contributed by atoms with Gasteiger partial charge in [-0.25, -0.2) is 0 Å². The number of hydrogen-bond donors (Lipinski definition) is 0. The summed E-state index contributed by atoms with van der Waals surface area (Å²) in [7, 11) is 2.16. The Morgan fingerprint density at radius 1 is 1.08 bits per heavy atom. The van der Waals surface area contributed by atoms with Crippen LogP contribution < -0.4 is 0 Å². The third kappa shape index (κ3) is 4.37. The highest BCUT2D eigenvalue weighted by molar-refractivity contribution is 6.05. The monoisotopic (exact) mass is 321 g/mol. The molecule has 0 radical (unpaired) electrons. The van der Waals surface area contributed by atoms with Crippen LogP contribution in [0.5, 0.6) is 0 Å². The molecule has 0 spiro atoms. The van der Waals surface area contributed by atoms with Gasteiger partial charge >= 0.3 is 0 Å². The number of hydrogen-bond acceptors (Lipinski definition) is 4. The Morgan fingerprint density at radius 2 is 1.83 bits per heavy atom. The molecule has 124 valence electrons. The molecular weight excluding hydrogens is 298 g/mol. The fraction of sp³-hybridized carbons (Fsp3) is 0.300. The first-order chi connectivity index (χ1) is 11.7. The lowest BCUT2D eigenvalue weighted by Gasteiger charge is -2.32. The normalized spacial score (nSPS) is 16.5. The number of ketones is 1. The molecule has 2 heterocycles. The van der Waals surface area contributed by atoms with Crippen LogP contribution in [0.25, 0.3) is 6.08 Å². The van der Waals surface area contributed by atoms with Gasteiger partial charge in [-0.1, -0.05) is 36.4 Å². The molecule has 4 heteroatoms. The van der Waals surface area contributed by atoms with E-state index in [0.29, 0.717) is 5.69 Å². The van der Waals surface area contributed by atoms with Gasteiger partial charge in [-0.2, -0.15) is 0 Å². The van der Waals surface area contributed by atoms with E-state index in [2.05, 4.69) is 40.0 Å². The van der Waals surface area contributed by atoms with E-state index < -0.39 is 0 Å². The summed E-state index contributed by atoms with van der Waals surface area (Å²) < 4.78 is 0. The summed E-state index contributed by atoms with van der Waals surface area (Å²) in [6, 6.07) is 13.7. The van der Waals surface area contributed by atoms with Crippen molar-refractivity contribution in [2.75, 3.05) is 33.2 Å². The molecule has 4 nitrogen and oxygen atoms in total. The predicted molar refractivity (Wildman–Crippen MR) is 96.8 cm³/mol. The molecular formula is C20H23N3O. The highest BCUT2D eigenvalue weighted by Crippen LogP contribution is 2.15. The van der Waals surface area contributed by atoms with Crippen molar-refractivity contribution in [1.29, 1.82) is 0 Å². The van der Waals surface area contributed by atoms with Crippen molar-refractivity contribution in [2.24, 2.45) is 0 Å². The zero-order valence-corrected chi connectivity index (χ0v) is 14.1. The third-order valence-electron chi connectivity index (χ3n) is 4.38. The minimum absolute atomic E-state index is 0.0648. The van der Waals surface area contributed by atoms with E-state index in [1.165, 1.54) is 5.56 Å². The topological polar surface area (TPSA) is 36.4 Å². The van der Waals surface area contributed by atoms with Crippen molar-refractivity contribution in [3.8, 4) is 0 Å². The summed E-state index contributed by atoms with van der Waals surface area (Å²) in [5, 5.41) is 0. The van der Waals surface area contributed by atoms with E-state index in [1.54, 1.807) is 18.3 Å². The summed E-state index contributed by atoms with van der Waals surface area (Å²) in [5.41, 5.74) is 2.83. The molecule has 0 unspecified atom stereocenters. The quantitative estimate of drug-likeness (QED) is 0.627. The first-order valence-electron chi connectivity index (χ1n) is 8.34. The van der Waals surface area contributed by atoms with E-state index in [1.807, 2.05) is 24.3 Å². The number of benzene rings is 1. The van der Waals surface area contributed by atoms with Crippen LogP contribution >= 0.6 is 0 Å². The Balaban J connectivity index is 1.70. The van der Waals surface area contributed by atoms with Crippen LogP contribution in [0.1, 0.15) is 21.6 Å². The highest BCUT2D eigenvalue weighted by Gasteiger charge is 2.14. The molecule has 0 N–H and O–H groups in total. The minimum atomic E-state index is -0.0648. The van der Waals surface area contributed by atoms with Crippen LogP contribution in [0, 0.1) is 0 Å². The van der Waals surface area contributed by atoms with Crippen molar-refractivity contribution >= 4 is 11.9 Å². The van der Waals surface area contributed by atoms with Crippen molar-refractivity contribution in [1.82, 2.24) is 14.8 Å². The number of carbonyl (C=O) groups excluding carboxylic acids is 1. The van der Waals surface area contributed by atoms with Crippen LogP contribution in [0.15, 0.2) is 54.7 Å². The lowest BCUT2D eigenvalue weighted by molar-refractivity contribution is 0.104. The summed E-state index contributed by atoms with van der Waals surface area (Å²) in [4.78, 5) is 21.1. The van der Waals surface area contributed by atoms with Gasteiger partial charge in [0.25, 0.3) is 0 Å². The molecule has 2 aromatic rings. The summed E-state index contributed by atoms with van der Waals surface area (Å²) in [6.45, 7) is 5.31. The zero-order chi connectivity index (χ0) is 16.8. The Hall–Kier alpha value is -2.30. The third-order valence-corrected chi connectivity index (χ3v) is 4.38. The maximum absolute atomic E-state index is 12.2. The number of carbonyl (C=O) groups is 1. The van der Waals surface area contributed by atoms with E-state index in [0.717, 1.165) is 38.3 Å². The van der Waals surface area contributed by atoms with Gasteiger partial charge in [0.05, 0.1) is 0 Å². The van der Waals surface area contributed by atoms with E-state index >= 15 is 0 Å². The molecule has 0 amide bonds. The van der Waals surface area contributed by atoms with Crippen molar-refractivity contribution in [3.05, 3.63) is 71.6 Å². The van der Waals surface area contributed by atoms with Gasteiger partial charge in [-0.05, 0) is 36.4 Å². The van der Waals surface area contributed by atoms with Gasteiger partial charge in [-0.15, -0.1) is 0 Å². The van der Waals surface area contributed by atoms with Crippen molar-refractivity contribution in [2.45, 2.75) is 6.54 Å². The average Bonchev–Trinajstić information content (AvgIpc) is 2.63. The Morgan fingerprint density at radius 3 is 2.58 bits per heavy atom. The molecule has 1 aliphatic heterocycles. The number of rotatable bonds is 5. The van der Waals surface area contributed by atoms with Crippen LogP contribution in [-0.4, -0.2) is 53.8 Å². The van der Waals surface area contributed by atoms with Crippen LogP contribution in [0.4, 0.5) is 0 Å². The molecule has 24 heavy (non-hydrogen) atoms. The average molecular weight is 321 g/mol. The van der Waals surface area contributed by atoms with Gasteiger partial charge in [0.1, 0.15) is 5.69 Å². The second-order valence-corrected chi connectivity index (χ2v) is 6.19. The standard InChI is InChI=1S/C20H23N3O/c1-22-12-14-23(15-13-22)16-18-7-3-2-6-17(18)9-10-20(24)19-8-4-5-11-21-19/h2-11H,12-16H2,1H3. The molecule has 1 aromatic carbocycles. The Labute approximate surface area is 143 Å². The predicted octanol–water partition coefficient (Wildman–Crippen LogP) is 2.73. The number of aromatic nitrogens is 1. The van der Waals surface area contributed by atoms with Gasteiger partial charge in [0, 0.05) is 38.9 Å². The number of pyridine rings is 1. The molecule has 1 fully saturated rings. The maximum atomic E-state index is 12.2. The van der Waals surface area contributed by atoms with Crippen molar-refractivity contribution < 1.29 is 4.79 Å². The fourth-order valence-electron chi connectivity index (χ4n) is 2.85. The first-order valence-corrected chi connectivity index (χ1v) is 8.34. The molecule has 3 rings (SSSR count). The maximum Gasteiger partial charge on any atom is 0.204 e. The van der Waals surface area contributed by atoms with E-state index in [-0.39, 0.29) is 5.78 Å². The Bertz CT molecular complexity index is 704. The summed E-state index contributed by atoms with van der Waals surface area (Å²) in [5.74, 6) is -0.0648. The number of allylic oxidation sites excluding steroid dienone is 1. The molecule has 1 aromatic heterocycles. The molecule has 0 atom stereocenters. The van der Waals surface area contributed by atoms with Crippen LogP contribution in [0.2, 0.25) is 0 Å². The van der Waals surface area contributed by atoms with Gasteiger partial charge in [0.15, 0.2) is 0 Å². The van der Waals surface area contributed by atoms with Crippen molar-refractivity contribution in [3.63, 3.8) is 0 Å². The fourth-order valence-corrected chi connectivity index (χ4v) is 2.85. The molecule has 1 saturated heterocycles. The number of nitrogens with zero attached hydrogens (tertiary/aromatic N) is 3. The first kappa shape index (κ1) is 16.6. The van der Waals surface area contributed by atoms with E-state index in [4.69, 9.17) is 0 Å². The van der Waals surface area contributed by atoms with Crippen LogP contribution in [-0.2, 0) is 6.54 Å². The number of piperazine rings is 1. The second-order valence-electron chi connectivity index (χ2n) is 6.19. The van der Waals surface area contributed by atoms with Gasteiger partial charge < -0.3 is 4.90 Å². The summed E-state index contributed by atoms with van der Waals surface area (Å²) in [6.07, 6.45) is 5.16. The van der Waals surface area contributed by atoms with Crippen LogP contribution in [0.3, 0.4) is 0 Å². The molecule has 0 saturated carbocycles. The molecule has 1 aliphatic rings. The smallest absolute Gasteiger partial charge is 0.204 e. The zero-order valence-electron chi connectivity index (χ0n) is 14.1. The summed E-state index contributed by atoms with van der Waals surface area (Å²) >= 11 is 0. The molecule has 0 aliphatic carbocycles. The SMILES string of the molecule is CN1CCN(Cc2ccccc2C=CC(=O)c2ccccn2)CC1. The lowest BCUT2D eigenvalue weighted by Crippen LogP contribution is -2.43. The largest absolute Gasteiger partial charge is 0.304 e. The minimum Gasteiger partial charge on any atom is -0.304 e. The second kappa shape index (κ2) is 7.99. The van der Waals surface area contributed by atoms with Gasteiger partial charge in [-0.3, -0.25) is 14.7 Å². The van der Waals surface area contributed by atoms with Gasteiger partial charge in [0.2, 0.25) is 5.78 Å². The number of likely N-dealkylation sites (N-methyl/N-ethyl adjacent to an activating group) is 1. The molecule has 0 bridgehead atoms. The Kier molecular flexibility index (Phi) is 5.51. The highest BCUT2D eigenvalue weighted by atomic mass is 16.1. The lowest BCUT2D eigenvalue weighted by atomic mass is 10.1. The van der Waals surface area contributed by atoms with E-state index in [9.17, 15) is 4.79 Å².